The van der Waals surface area contributed by atoms with Crippen LogP contribution in [0.25, 0.3) is 0 Å². The highest BCUT2D eigenvalue weighted by atomic mass is 19.1. The van der Waals surface area contributed by atoms with Gasteiger partial charge in [0.1, 0.15) is 5.82 Å². The Labute approximate surface area is 145 Å². The highest BCUT2D eigenvalue weighted by Crippen LogP contribution is 2.44. The lowest BCUT2D eigenvalue weighted by Crippen LogP contribution is -2.28. The number of nitrogens with two attached hydrogens (primary N) is 1. The van der Waals surface area contributed by atoms with Crippen molar-refractivity contribution in [2.24, 2.45) is 5.73 Å². The number of rotatable bonds is 7. The van der Waals surface area contributed by atoms with Crippen molar-refractivity contribution in [2.75, 3.05) is 19.6 Å². The zero-order valence-corrected chi connectivity index (χ0v) is 15.0. The van der Waals surface area contributed by atoms with Gasteiger partial charge < -0.3 is 10.8 Å². The molecule has 0 heterocycles. The van der Waals surface area contributed by atoms with Gasteiger partial charge in [-0.2, -0.15) is 0 Å². The van der Waals surface area contributed by atoms with Crippen LogP contribution in [-0.4, -0.2) is 41.7 Å². The predicted octanol–water partition coefficient (Wildman–Crippen LogP) is 3.64. The van der Waals surface area contributed by atoms with E-state index < -0.39 is 5.97 Å². The summed E-state index contributed by atoms with van der Waals surface area (Å²) < 4.78 is 12.8. The molecule has 5 heteroatoms. The van der Waals surface area contributed by atoms with Crippen LogP contribution in [0, 0.1) is 5.82 Å². The van der Waals surface area contributed by atoms with E-state index in [1.165, 1.54) is 18.4 Å². The van der Waals surface area contributed by atoms with Crippen molar-refractivity contribution in [3.05, 3.63) is 48.3 Å². The summed E-state index contributed by atoms with van der Waals surface area (Å²) in [5, 5.41) is 7.60. The lowest BCUT2D eigenvalue weighted by Gasteiger charge is -2.20. The third-order valence-electron chi connectivity index (χ3n) is 3.57. The Kier molecular flexibility index (Phi) is 11.8. The van der Waals surface area contributed by atoms with E-state index in [-0.39, 0.29) is 12.4 Å². The van der Waals surface area contributed by atoms with Gasteiger partial charge in [-0.3, -0.25) is 9.69 Å². The molecule has 2 rings (SSSR count). The molecule has 1 saturated carbocycles. The molecule has 2 atom stereocenters. The predicted molar refractivity (Wildman–Crippen MR) is 97.6 cm³/mol. The van der Waals surface area contributed by atoms with Gasteiger partial charge in [0.15, 0.2) is 0 Å². The summed E-state index contributed by atoms with van der Waals surface area (Å²) in [7, 11) is 0. The smallest absolute Gasteiger partial charge is 0.317 e. The van der Waals surface area contributed by atoms with Crippen molar-refractivity contribution >= 4 is 5.97 Å². The monoisotopic (exact) mass is 338 g/mol. The lowest BCUT2D eigenvalue weighted by atomic mass is 10.1. The van der Waals surface area contributed by atoms with Gasteiger partial charge in [-0.25, -0.2) is 4.39 Å². The molecule has 2 unspecified atom stereocenters. The van der Waals surface area contributed by atoms with Gasteiger partial charge in [0.2, 0.25) is 0 Å². The van der Waals surface area contributed by atoms with Crippen LogP contribution in [-0.2, 0) is 4.79 Å². The van der Waals surface area contributed by atoms with Crippen LogP contribution < -0.4 is 5.73 Å². The van der Waals surface area contributed by atoms with Crippen molar-refractivity contribution in [1.82, 2.24) is 4.90 Å². The first-order chi connectivity index (χ1) is 11.5. The van der Waals surface area contributed by atoms with Gasteiger partial charge >= 0.3 is 5.97 Å². The Balaban J connectivity index is 0.000000650. The van der Waals surface area contributed by atoms with E-state index in [2.05, 4.69) is 24.1 Å². The topological polar surface area (TPSA) is 66.6 Å². The summed E-state index contributed by atoms with van der Waals surface area (Å²) in [6.07, 6.45) is 4.33. The molecule has 1 aromatic carbocycles. The number of hydrogen-bond donors (Lipinski definition) is 2. The molecule has 0 radical (unpaired) electrons. The maximum Gasteiger partial charge on any atom is 0.317 e. The summed E-state index contributed by atoms with van der Waals surface area (Å²) in [5.74, 6) is -0.533. The number of carboxylic acid groups (broad SMARTS) is 1. The summed E-state index contributed by atoms with van der Waals surface area (Å²) >= 11 is 0. The minimum atomic E-state index is -0.968. The van der Waals surface area contributed by atoms with Crippen LogP contribution >= 0.6 is 0 Å². The zero-order chi connectivity index (χ0) is 18.5. The molecule has 0 bridgehead atoms. The average Bonchev–Trinajstić information content (AvgIpc) is 3.38. The fourth-order valence-electron chi connectivity index (χ4n) is 2.50. The van der Waals surface area contributed by atoms with Crippen LogP contribution in [0.3, 0.4) is 0 Å². The van der Waals surface area contributed by atoms with Crippen LogP contribution in [0.2, 0.25) is 0 Å². The quantitative estimate of drug-likeness (QED) is 0.745. The van der Waals surface area contributed by atoms with E-state index in [1.807, 2.05) is 32.1 Å². The lowest BCUT2D eigenvalue weighted by molar-refractivity contribution is -0.135. The molecular weight excluding hydrogens is 307 g/mol. The summed E-state index contributed by atoms with van der Waals surface area (Å²) in [6.45, 7) is 11.8. The minimum absolute atomic E-state index is 0.151. The second-order valence-corrected chi connectivity index (χ2v) is 5.34. The van der Waals surface area contributed by atoms with Crippen molar-refractivity contribution in [1.29, 1.82) is 0 Å². The van der Waals surface area contributed by atoms with Gasteiger partial charge in [0, 0.05) is 18.5 Å². The van der Waals surface area contributed by atoms with Crippen LogP contribution in [0.5, 0.6) is 0 Å². The maximum atomic E-state index is 12.8. The largest absolute Gasteiger partial charge is 0.480 e. The first-order valence-corrected chi connectivity index (χ1v) is 8.55. The second-order valence-electron chi connectivity index (χ2n) is 5.34. The molecular formula is C19H31FN2O2. The molecule has 1 fully saturated rings. The Hall–Kier alpha value is -1.72. The molecule has 0 amide bonds. The highest BCUT2D eigenvalue weighted by molar-refractivity contribution is 5.68. The van der Waals surface area contributed by atoms with Crippen LogP contribution in [0.15, 0.2) is 36.9 Å². The van der Waals surface area contributed by atoms with Crippen molar-refractivity contribution in [3.63, 3.8) is 0 Å². The van der Waals surface area contributed by atoms with Gasteiger partial charge in [0.05, 0.1) is 6.54 Å². The Morgan fingerprint density at radius 1 is 1.42 bits per heavy atom. The number of benzene rings is 1. The molecule has 136 valence electrons. The summed E-state index contributed by atoms with van der Waals surface area (Å²) in [4.78, 5) is 11.7. The number of halogens is 1. The maximum absolute atomic E-state index is 12.8. The van der Waals surface area contributed by atoms with Gasteiger partial charge in [-0.15, -0.1) is 6.58 Å². The number of nitrogens with zero attached hydrogens (tertiary/aromatic N) is 1. The van der Waals surface area contributed by atoms with Crippen LogP contribution in [0.4, 0.5) is 4.39 Å². The molecule has 3 N–H and O–H groups in total. The van der Waals surface area contributed by atoms with E-state index in [0.717, 1.165) is 13.1 Å². The number of carbonyl (C=O) groups is 1. The molecule has 1 aliphatic carbocycles. The first kappa shape index (κ1) is 22.3. The first-order valence-electron chi connectivity index (χ1n) is 8.55. The summed E-state index contributed by atoms with van der Waals surface area (Å²) in [5.41, 5.74) is 5.84. The van der Waals surface area contributed by atoms with E-state index in [0.29, 0.717) is 12.0 Å². The van der Waals surface area contributed by atoms with E-state index in [1.54, 1.807) is 12.1 Å². The SMILES string of the molecule is C=CCN(CCC)C1CC1c1ccc(F)cc1.CC.NCC(=O)O. The molecule has 0 saturated heterocycles. The highest BCUT2D eigenvalue weighted by Gasteiger charge is 2.41. The van der Waals surface area contributed by atoms with E-state index in [4.69, 9.17) is 5.11 Å². The fourth-order valence-corrected chi connectivity index (χ4v) is 2.50. The van der Waals surface area contributed by atoms with Crippen LogP contribution in [0.1, 0.15) is 45.1 Å². The molecule has 0 aliphatic heterocycles. The van der Waals surface area contributed by atoms with Crippen molar-refractivity contribution in [3.8, 4) is 0 Å². The number of aliphatic carboxylic acids is 1. The van der Waals surface area contributed by atoms with Crippen molar-refractivity contribution in [2.45, 2.75) is 45.6 Å². The Morgan fingerprint density at radius 3 is 2.38 bits per heavy atom. The minimum Gasteiger partial charge on any atom is -0.480 e. The zero-order valence-electron chi connectivity index (χ0n) is 15.0. The average molecular weight is 338 g/mol. The normalized spacial score (nSPS) is 17.9. The fraction of sp³-hybridized carbons (Fsp3) is 0.526. The van der Waals surface area contributed by atoms with Gasteiger partial charge in [-0.1, -0.05) is 39.0 Å². The molecule has 0 spiro atoms. The number of carboxylic acids is 1. The van der Waals surface area contributed by atoms with Crippen molar-refractivity contribution < 1.29 is 14.3 Å². The second kappa shape index (κ2) is 12.7. The third kappa shape index (κ3) is 8.22. The standard InChI is InChI=1S/C15H20FN.C2H5NO2.C2H6/c1-3-9-17(10-4-2)15-11-14(15)12-5-7-13(16)8-6-12;3-1-2(4)5;1-2/h3,5-8,14-15H,1,4,9-11H2,2H3;1,3H2,(H,4,5);1-2H3. The summed E-state index contributed by atoms with van der Waals surface area (Å²) in [6, 6.07) is 7.57. The molecule has 24 heavy (non-hydrogen) atoms. The third-order valence-corrected chi connectivity index (χ3v) is 3.57. The molecule has 1 aliphatic rings. The Morgan fingerprint density at radius 2 is 1.96 bits per heavy atom. The molecule has 4 nitrogen and oxygen atoms in total. The molecule has 0 aromatic heterocycles. The van der Waals surface area contributed by atoms with E-state index >= 15 is 0 Å². The molecule has 1 aromatic rings. The Bertz CT molecular complexity index is 477. The van der Waals surface area contributed by atoms with E-state index in [9.17, 15) is 9.18 Å². The number of hydrogen-bond acceptors (Lipinski definition) is 3. The van der Waals surface area contributed by atoms with Gasteiger partial charge in [0.25, 0.3) is 0 Å². The van der Waals surface area contributed by atoms with Gasteiger partial charge in [-0.05, 0) is 37.1 Å².